The van der Waals surface area contributed by atoms with E-state index in [1.165, 1.54) is 14.0 Å². The Labute approximate surface area is 175 Å². The number of ether oxygens (including phenoxy) is 2. The van der Waals surface area contributed by atoms with Crippen molar-refractivity contribution < 1.29 is 24.2 Å². The van der Waals surface area contributed by atoms with Gasteiger partial charge in [-0.25, -0.2) is 0 Å². The fraction of sp³-hybridized carbons (Fsp3) is 0.565. The Balaban J connectivity index is 1.72. The van der Waals surface area contributed by atoms with Gasteiger partial charge in [0.1, 0.15) is 11.2 Å². The predicted octanol–water partition coefficient (Wildman–Crippen LogP) is 2.15. The lowest BCUT2D eigenvalue weighted by Gasteiger charge is -2.57. The van der Waals surface area contributed by atoms with Crippen LogP contribution in [0, 0.1) is 11.8 Å². The lowest BCUT2D eigenvalue weighted by Crippen LogP contribution is -2.67. The molecule has 2 N–H and O–H groups in total. The van der Waals surface area contributed by atoms with Crippen LogP contribution in [-0.2, 0) is 26.2 Å². The van der Waals surface area contributed by atoms with Gasteiger partial charge in [0.05, 0.1) is 7.11 Å². The first-order valence-electron chi connectivity index (χ1n) is 10.7. The monoisotopic (exact) mass is 412 g/mol. The number of methoxy groups -OCH3 is 1. The van der Waals surface area contributed by atoms with Gasteiger partial charge in [-0.15, -0.1) is 0 Å². The molecular formula is C23H28N2O5. The molecule has 3 fully saturated rings. The molecule has 4 heterocycles. The Morgan fingerprint density at radius 2 is 2.20 bits per heavy atom. The summed E-state index contributed by atoms with van der Waals surface area (Å²) >= 11 is 0. The second-order valence-electron chi connectivity index (χ2n) is 9.01. The Morgan fingerprint density at radius 1 is 1.37 bits per heavy atom. The highest BCUT2D eigenvalue weighted by Crippen LogP contribution is 2.55. The minimum Gasteiger partial charge on any atom is -0.468 e. The summed E-state index contributed by atoms with van der Waals surface area (Å²) in [7, 11) is 1.47. The van der Waals surface area contributed by atoms with E-state index >= 15 is 0 Å². The molecule has 3 aliphatic heterocycles. The summed E-state index contributed by atoms with van der Waals surface area (Å²) in [5, 5.41) is 10.7. The highest BCUT2D eigenvalue weighted by molar-refractivity contribution is 5.92. The Bertz CT molecular complexity index is 1010. The number of aliphatic hydroxyl groups is 1. The highest BCUT2D eigenvalue weighted by atomic mass is 16.5. The van der Waals surface area contributed by atoms with Gasteiger partial charge < -0.3 is 19.6 Å². The zero-order valence-electron chi connectivity index (χ0n) is 17.4. The number of nitrogens with zero attached hydrogens (tertiary/aromatic N) is 1. The zero-order valence-corrected chi connectivity index (χ0v) is 17.4. The number of aliphatic hydroxyl groups excluding tert-OH is 1. The third-order valence-electron chi connectivity index (χ3n) is 7.37. The van der Waals surface area contributed by atoms with Crippen LogP contribution < -0.4 is 4.74 Å². The van der Waals surface area contributed by atoms with E-state index in [0.717, 1.165) is 54.5 Å². The molecule has 7 heteroatoms. The molecule has 0 spiro atoms. The maximum Gasteiger partial charge on any atom is 0.319 e. The highest BCUT2D eigenvalue weighted by Gasteiger charge is 2.62. The zero-order chi connectivity index (χ0) is 21.0. The molecule has 6 rings (SSSR count). The first-order chi connectivity index (χ1) is 14.5. The first kappa shape index (κ1) is 19.6. The number of nitrogens with one attached hydrogen (secondary N) is 1. The van der Waals surface area contributed by atoms with Gasteiger partial charge in [0.15, 0.2) is 0 Å². The van der Waals surface area contributed by atoms with E-state index in [0.29, 0.717) is 18.1 Å². The van der Waals surface area contributed by atoms with Gasteiger partial charge in [0, 0.05) is 49.3 Å². The van der Waals surface area contributed by atoms with Crippen LogP contribution in [0.15, 0.2) is 18.2 Å². The van der Waals surface area contributed by atoms with Crippen molar-refractivity contribution in [3.63, 3.8) is 0 Å². The molecular weight excluding hydrogens is 384 g/mol. The van der Waals surface area contributed by atoms with E-state index in [-0.39, 0.29) is 30.5 Å². The summed E-state index contributed by atoms with van der Waals surface area (Å²) in [4.78, 5) is 30.9. The van der Waals surface area contributed by atoms with Crippen molar-refractivity contribution in [3.05, 3.63) is 29.5 Å². The molecule has 1 aliphatic carbocycles. The first-order valence-corrected chi connectivity index (χ1v) is 10.7. The maximum atomic E-state index is 13.4. The van der Waals surface area contributed by atoms with Crippen LogP contribution in [0.3, 0.4) is 0 Å². The third kappa shape index (κ3) is 2.72. The summed E-state index contributed by atoms with van der Waals surface area (Å²) in [6.45, 7) is 3.37. The summed E-state index contributed by atoms with van der Waals surface area (Å²) in [5.41, 5.74) is 2.24. The molecule has 1 saturated carbocycles. The van der Waals surface area contributed by atoms with Gasteiger partial charge in [0.2, 0.25) is 0 Å². The standard InChI is InChI=1S/C23H28N2O5/c1-13(27)30-16-3-4-19-18(10-16)17-5-7-25-12-14-9-15(6-8-26)21(25)23(11-14,20(17)24-19)22(28)29-2/h3-4,10,14-15,21,24,26H,5-9,11-12H2,1-2H3. The topological polar surface area (TPSA) is 91.9 Å². The van der Waals surface area contributed by atoms with Crippen LogP contribution in [0.5, 0.6) is 5.75 Å². The minimum absolute atomic E-state index is 0.0179. The summed E-state index contributed by atoms with van der Waals surface area (Å²) in [6, 6.07) is 5.60. The molecule has 7 nitrogen and oxygen atoms in total. The van der Waals surface area contributed by atoms with Crippen molar-refractivity contribution in [2.24, 2.45) is 11.8 Å². The molecule has 4 aliphatic rings. The number of hydrogen-bond donors (Lipinski definition) is 2. The molecule has 160 valence electrons. The molecule has 1 aromatic carbocycles. The molecule has 5 unspecified atom stereocenters. The predicted molar refractivity (Wildman–Crippen MR) is 110 cm³/mol. The van der Waals surface area contributed by atoms with E-state index < -0.39 is 5.41 Å². The lowest BCUT2D eigenvalue weighted by atomic mass is 9.56. The minimum atomic E-state index is -0.762. The van der Waals surface area contributed by atoms with Crippen molar-refractivity contribution in [2.45, 2.75) is 44.1 Å². The molecule has 1 aromatic heterocycles. The second-order valence-corrected chi connectivity index (χ2v) is 9.01. The number of H-pyrrole nitrogens is 1. The number of fused-ring (bicyclic) bond motifs is 4. The van der Waals surface area contributed by atoms with Crippen LogP contribution >= 0.6 is 0 Å². The van der Waals surface area contributed by atoms with Crippen molar-refractivity contribution in [1.29, 1.82) is 0 Å². The fourth-order valence-electron chi connectivity index (χ4n) is 6.58. The number of rotatable bonds is 4. The van der Waals surface area contributed by atoms with Crippen molar-refractivity contribution in [1.82, 2.24) is 9.88 Å². The van der Waals surface area contributed by atoms with Gasteiger partial charge >= 0.3 is 11.9 Å². The molecule has 5 atom stereocenters. The van der Waals surface area contributed by atoms with Crippen LogP contribution in [0.4, 0.5) is 0 Å². The van der Waals surface area contributed by atoms with E-state index in [9.17, 15) is 14.7 Å². The molecule has 30 heavy (non-hydrogen) atoms. The summed E-state index contributed by atoms with van der Waals surface area (Å²) in [6.07, 6.45) is 3.32. The van der Waals surface area contributed by atoms with Crippen molar-refractivity contribution in [2.75, 3.05) is 26.8 Å². The number of hydrogen-bond acceptors (Lipinski definition) is 6. The van der Waals surface area contributed by atoms with Crippen LogP contribution in [0.25, 0.3) is 10.9 Å². The Hall–Kier alpha value is -2.38. The molecule has 4 bridgehead atoms. The number of piperidine rings is 2. The maximum absolute atomic E-state index is 13.4. The average molecular weight is 412 g/mol. The van der Waals surface area contributed by atoms with E-state index in [1.54, 1.807) is 6.07 Å². The van der Waals surface area contributed by atoms with Crippen molar-refractivity contribution in [3.8, 4) is 5.75 Å². The van der Waals surface area contributed by atoms with Crippen LogP contribution in [-0.4, -0.2) is 59.8 Å². The smallest absolute Gasteiger partial charge is 0.319 e. The third-order valence-corrected chi connectivity index (χ3v) is 7.37. The average Bonchev–Trinajstić information content (AvgIpc) is 3.05. The van der Waals surface area contributed by atoms with Gasteiger partial charge in [-0.2, -0.15) is 0 Å². The number of aromatic amines is 1. The van der Waals surface area contributed by atoms with Crippen LogP contribution in [0.2, 0.25) is 0 Å². The molecule has 2 saturated heterocycles. The number of aromatic nitrogens is 1. The van der Waals surface area contributed by atoms with E-state index in [1.807, 2.05) is 12.1 Å². The lowest BCUT2D eigenvalue weighted by molar-refractivity contribution is -0.162. The SMILES string of the molecule is COC(=O)C12CC3CC(CCO)C1N(CCc1c2[nH]c2ccc(OC(C)=O)cc12)C3. The normalized spacial score (nSPS) is 31.8. The van der Waals surface area contributed by atoms with Gasteiger partial charge in [-0.3, -0.25) is 14.5 Å². The molecule has 0 amide bonds. The molecule has 0 radical (unpaired) electrons. The van der Waals surface area contributed by atoms with E-state index in [4.69, 9.17) is 9.47 Å². The number of benzene rings is 1. The number of carbonyl (C=O) groups is 2. The van der Waals surface area contributed by atoms with E-state index in [2.05, 4.69) is 9.88 Å². The number of carbonyl (C=O) groups excluding carboxylic acids is 2. The van der Waals surface area contributed by atoms with Gasteiger partial charge in [0.25, 0.3) is 0 Å². The van der Waals surface area contributed by atoms with Crippen molar-refractivity contribution >= 4 is 22.8 Å². The number of esters is 2. The largest absolute Gasteiger partial charge is 0.468 e. The Morgan fingerprint density at radius 3 is 2.93 bits per heavy atom. The summed E-state index contributed by atoms with van der Waals surface area (Å²) in [5.74, 6) is 0.624. The fourth-order valence-corrected chi connectivity index (χ4v) is 6.58. The Kier molecular flexibility index (Phi) is 4.63. The molecule has 2 aromatic rings. The van der Waals surface area contributed by atoms with Gasteiger partial charge in [-0.1, -0.05) is 0 Å². The van der Waals surface area contributed by atoms with Crippen LogP contribution in [0.1, 0.15) is 37.4 Å². The quantitative estimate of drug-likeness (QED) is 0.591. The second kappa shape index (κ2) is 7.10. The summed E-state index contributed by atoms with van der Waals surface area (Å²) < 4.78 is 10.7. The van der Waals surface area contributed by atoms with Gasteiger partial charge in [-0.05, 0) is 61.3 Å².